The first-order valence-electron chi connectivity index (χ1n) is 10.1. The van der Waals surface area contributed by atoms with E-state index in [1.54, 1.807) is 43.5 Å². The van der Waals surface area contributed by atoms with Crippen molar-refractivity contribution in [3.05, 3.63) is 96.7 Å². The Morgan fingerprint density at radius 3 is 2.41 bits per heavy atom. The van der Waals surface area contributed by atoms with Crippen LogP contribution < -0.4 is 9.47 Å². The third kappa shape index (κ3) is 5.73. The first-order chi connectivity index (χ1) is 16.3. The number of carbonyl (C=O) groups is 2. The Morgan fingerprint density at radius 2 is 1.74 bits per heavy atom. The van der Waals surface area contributed by atoms with Crippen molar-refractivity contribution in [1.29, 1.82) is 0 Å². The number of rotatable bonds is 7. The van der Waals surface area contributed by atoms with E-state index in [1.807, 2.05) is 18.2 Å². The highest BCUT2D eigenvalue weighted by Gasteiger charge is 2.35. The molecular formula is C25H18ClFINO4S. The minimum absolute atomic E-state index is 0.0839. The summed E-state index contributed by atoms with van der Waals surface area (Å²) in [7, 11) is 1.54. The first kappa shape index (κ1) is 24.6. The maximum atomic E-state index is 13.1. The highest BCUT2D eigenvalue weighted by Crippen LogP contribution is 2.38. The minimum atomic E-state index is -0.392. The predicted octanol–water partition coefficient (Wildman–Crippen LogP) is 6.91. The summed E-state index contributed by atoms with van der Waals surface area (Å²) >= 11 is 8.95. The Bertz CT molecular complexity index is 1270. The zero-order valence-electron chi connectivity index (χ0n) is 17.9. The molecule has 34 heavy (non-hydrogen) atoms. The molecule has 0 spiro atoms. The number of methoxy groups -OCH3 is 1. The van der Waals surface area contributed by atoms with E-state index in [9.17, 15) is 14.0 Å². The Morgan fingerprint density at radius 1 is 1.06 bits per heavy atom. The molecule has 0 aromatic heterocycles. The van der Waals surface area contributed by atoms with Crippen LogP contribution in [0, 0.1) is 9.39 Å². The first-order valence-corrected chi connectivity index (χ1v) is 12.4. The van der Waals surface area contributed by atoms with Crippen molar-refractivity contribution in [2.75, 3.05) is 7.11 Å². The van der Waals surface area contributed by atoms with E-state index >= 15 is 0 Å². The molecule has 1 aliphatic rings. The van der Waals surface area contributed by atoms with Gasteiger partial charge in [-0.2, -0.15) is 0 Å². The average molecular weight is 610 g/mol. The van der Waals surface area contributed by atoms with Crippen molar-refractivity contribution in [3.8, 4) is 11.5 Å². The normalized spacial score (nSPS) is 14.7. The van der Waals surface area contributed by atoms with Gasteiger partial charge in [-0.25, -0.2) is 4.39 Å². The molecule has 0 N–H and O–H groups in total. The van der Waals surface area contributed by atoms with Crippen molar-refractivity contribution in [2.45, 2.75) is 13.2 Å². The SMILES string of the molecule is COc1cc(/C=C2\SC(=O)N(Cc3ccc(F)cc3)C2=O)cc(I)c1OCc1ccc(Cl)cc1. The van der Waals surface area contributed by atoms with Crippen LogP contribution in [0.3, 0.4) is 0 Å². The molecule has 4 rings (SSSR count). The number of benzene rings is 3. The molecular weight excluding hydrogens is 592 g/mol. The second kappa shape index (κ2) is 10.8. The third-order valence-corrected chi connectivity index (χ3v) is 6.93. The Labute approximate surface area is 219 Å². The van der Waals surface area contributed by atoms with Gasteiger partial charge in [0.15, 0.2) is 11.5 Å². The quantitative estimate of drug-likeness (QED) is 0.215. The second-order valence-corrected chi connectivity index (χ2v) is 9.94. The lowest BCUT2D eigenvalue weighted by atomic mass is 10.1. The molecule has 1 fully saturated rings. The number of ether oxygens (including phenoxy) is 2. The maximum Gasteiger partial charge on any atom is 0.293 e. The number of carbonyl (C=O) groups excluding carboxylic acids is 2. The second-order valence-electron chi connectivity index (χ2n) is 7.34. The van der Waals surface area contributed by atoms with Crippen LogP contribution in [0.5, 0.6) is 11.5 Å². The van der Waals surface area contributed by atoms with Crippen LogP contribution in [0.15, 0.2) is 65.6 Å². The van der Waals surface area contributed by atoms with E-state index in [2.05, 4.69) is 22.6 Å². The zero-order chi connectivity index (χ0) is 24.2. The summed E-state index contributed by atoms with van der Waals surface area (Å²) in [6.45, 7) is 0.422. The molecule has 5 nitrogen and oxygen atoms in total. The lowest BCUT2D eigenvalue weighted by Gasteiger charge is -2.14. The van der Waals surface area contributed by atoms with Crippen LogP contribution in [0.25, 0.3) is 6.08 Å². The van der Waals surface area contributed by atoms with Gasteiger partial charge in [-0.3, -0.25) is 14.5 Å². The van der Waals surface area contributed by atoms with E-state index < -0.39 is 5.91 Å². The lowest BCUT2D eigenvalue weighted by Crippen LogP contribution is -2.27. The molecule has 0 unspecified atom stereocenters. The van der Waals surface area contributed by atoms with E-state index in [-0.39, 0.29) is 17.6 Å². The average Bonchev–Trinajstić information content (AvgIpc) is 3.07. The van der Waals surface area contributed by atoms with Crippen LogP contribution in [0.4, 0.5) is 9.18 Å². The molecule has 174 valence electrons. The van der Waals surface area contributed by atoms with Crippen LogP contribution in [-0.4, -0.2) is 23.2 Å². The van der Waals surface area contributed by atoms with E-state index in [0.29, 0.717) is 39.2 Å². The topological polar surface area (TPSA) is 55.8 Å². The van der Waals surface area contributed by atoms with Gasteiger partial charge in [-0.15, -0.1) is 0 Å². The van der Waals surface area contributed by atoms with Crippen molar-refractivity contribution < 1.29 is 23.5 Å². The van der Waals surface area contributed by atoms with E-state index in [4.69, 9.17) is 21.1 Å². The Balaban J connectivity index is 1.52. The van der Waals surface area contributed by atoms with Crippen molar-refractivity contribution in [2.24, 2.45) is 0 Å². The van der Waals surface area contributed by atoms with Gasteiger partial charge in [0, 0.05) is 5.02 Å². The number of imide groups is 1. The van der Waals surface area contributed by atoms with E-state index in [1.165, 1.54) is 12.1 Å². The molecule has 0 bridgehead atoms. The number of hydrogen-bond acceptors (Lipinski definition) is 5. The van der Waals surface area contributed by atoms with Gasteiger partial charge in [0.1, 0.15) is 12.4 Å². The van der Waals surface area contributed by atoms with Crippen LogP contribution in [0.2, 0.25) is 5.02 Å². The Kier molecular flexibility index (Phi) is 7.80. The summed E-state index contributed by atoms with van der Waals surface area (Å²) < 4.78 is 25.4. The highest BCUT2D eigenvalue weighted by molar-refractivity contribution is 14.1. The third-order valence-electron chi connectivity index (χ3n) is 4.97. The van der Waals surface area contributed by atoms with Crippen LogP contribution in [-0.2, 0) is 17.9 Å². The summed E-state index contributed by atoms with van der Waals surface area (Å²) in [4.78, 5) is 26.8. The van der Waals surface area contributed by atoms with Crippen molar-refractivity contribution in [3.63, 3.8) is 0 Å². The minimum Gasteiger partial charge on any atom is -0.493 e. The standard InChI is InChI=1S/C25H18ClFINO4S/c1-32-21-11-17(10-20(28)23(21)33-14-16-2-6-18(26)7-3-16)12-22-24(30)29(25(31)34-22)13-15-4-8-19(27)9-5-15/h2-12H,13-14H2,1H3/b22-12-. The van der Waals surface area contributed by atoms with Gasteiger partial charge in [-0.05, 0) is 93.5 Å². The summed E-state index contributed by atoms with van der Waals surface area (Å²) in [5.74, 6) is 0.329. The molecule has 1 saturated heterocycles. The molecule has 2 amide bonds. The Hall–Kier alpha value is -2.56. The van der Waals surface area contributed by atoms with Crippen molar-refractivity contribution >= 4 is 63.2 Å². The molecule has 0 radical (unpaired) electrons. The van der Waals surface area contributed by atoms with Gasteiger partial charge in [0.25, 0.3) is 11.1 Å². The van der Waals surface area contributed by atoms with Crippen molar-refractivity contribution in [1.82, 2.24) is 4.90 Å². The molecule has 9 heteroatoms. The summed E-state index contributed by atoms with van der Waals surface area (Å²) in [5, 5.41) is 0.285. The number of thioether (sulfide) groups is 1. The molecule has 0 aliphatic carbocycles. The van der Waals surface area contributed by atoms with Gasteiger partial charge in [0.2, 0.25) is 0 Å². The summed E-state index contributed by atoms with van der Waals surface area (Å²) in [6.07, 6.45) is 1.66. The lowest BCUT2D eigenvalue weighted by molar-refractivity contribution is -0.123. The largest absolute Gasteiger partial charge is 0.493 e. The fourth-order valence-electron chi connectivity index (χ4n) is 3.26. The number of hydrogen-bond donors (Lipinski definition) is 0. The van der Waals surface area contributed by atoms with Crippen LogP contribution >= 0.6 is 46.0 Å². The van der Waals surface area contributed by atoms with Crippen LogP contribution in [0.1, 0.15) is 16.7 Å². The number of halogens is 3. The van der Waals surface area contributed by atoms with Gasteiger partial charge in [-0.1, -0.05) is 35.9 Å². The zero-order valence-corrected chi connectivity index (χ0v) is 21.6. The fourth-order valence-corrected chi connectivity index (χ4v) is 5.00. The molecule has 3 aromatic rings. The fraction of sp³-hybridized carbons (Fsp3) is 0.120. The predicted molar refractivity (Wildman–Crippen MR) is 139 cm³/mol. The summed E-state index contributed by atoms with van der Waals surface area (Å²) in [5.41, 5.74) is 2.33. The van der Waals surface area contributed by atoms with E-state index in [0.717, 1.165) is 25.8 Å². The monoisotopic (exact) mass is 609 g/mol. The molecule has 1 heterocycles. The van der Waals surface area contributed by atoms with Gasteiger partial charge >= 0.3 is 0 Å². The molecule has 3 aromatic carbocycles. The number of amides is 2. The molecule has 0 saturated carbocycles. The van der Waals surface area contributed by atoms with Gasteiger partial charge < -0.3 is 9.47 Å². The maximum absolute atomic E-state index is 13.1. The highest BCUT2D eigenvalue weighted by atomic mass is 127. The molecule has 1 aliphatic heterocycles. The molecule has 0 atom stereocenters. The number of nitrogens with zero attached hydrogens (tertiary/aromatic N) is 1. The van der Waals surface area contributed by atoms with Gasteiger partial charge in [0.05, 0.1) is 22.1 Å². The smallest absolute Gasteiger partial charge is 0.293 e. The summed E-state index contributed by atoms with van der Waals surface area (Å²) in [6, 6.07) is 16.7.